The first-order valence-electron chi connectivity index (χ1n) is 9.25. The normalized spacial score (nSPS) is 13.9. The van der Waals surface area contributed by atoms with E-state index in [1.165, 1.54) is 0 Å². The van der Waals surface area contributed by atoms with Gasteiger partial charge in [-0.25, -0.2) is 4.98 Å². The van der Waals surface area contributed by atoms with Gasteiger partial charge in [-0.3, -0.25) is 4.79 Å². The van der Waals surface area contributed by atoms with E-state index in [4.69, 9.17) is 4.74 Å². The van der Waals surface area contributed by atoms with E-state index in [9.17, 15) is 4.79 Å². The lowest BCUT2D eigenvalue weighted by atomic mass is 10.0. The number of carbonyl (C=O) groups is 1. The highest BCUT2D eigenvalue weighted by Crippen LogP contribution is 2.18. The Morgan fingerprint density at radius 2 is 2.11 bits per heavy atom. The van der Waals surface area contributed by atoms with Gasteiger partial charge in [-0.2, -0.15) is 0 Å². The lowest BCUT2D eigenvalue weighted by Gasteiger charge is -2.18. The Balaban J connectivity index is 1.66. The lowest BCUT2D eigenvalue weighted by molar-refractivity contribution is 0.0937. The Hall–Kier alpha value is -3.08. The number of amides is 1. The minimum Gasteiger partial charge on any atom is -0.496 e. The molecule has 5 nitrogen and oxygen atoms in total. The fourth-order valence-corrected chi connectivity index (χ4v) is 3.60. The van der Waals surface area contributed by atoms with Crippen LogP contribution < -0.4 is 15.8 Å². The van der Waals surface area contributed by atoms with Crippen LogP contribution in [0.5, 0.6) is 0 Å². The quantitative estimate of drug-likeness (QED) is 0.776. The van der Waals surface area contributed by atoms with Crippen LogP contribution in [0.4, 0.5) is 0 Å². The molecule has 5 heteroatoms. The summed E-state index contributed by atoms with van der Waals surface area (Å²) in [4.78, 5) is 17.5. The van der Waals surface area contributed by atoms with Crippen LogP contribution in [-0.2, 0) is 4.74 Å². The standard InChI is InChI=1S/C22H23N3O2/c1-4-20(17-5-6-18-13-27-10-8-16(18)12-17)24-22(26)19-7-9-25-15(3)11-14(2)23-21(19)25/h5-9,11-13,20H,4,10H2,1-3H3,(H,24,26). The SMILES string of the molecule is CCC(NC(=O)c1ccn2c(C)cc(C)nc12)c1ccc2c(c1)=CCOC=2. The van der Waals surface area contributed by atoms with Crippen molar-refractivity contribution >= 4 is 23.9 Å². The van der Waals surface area contributed by atoms with Gasteiger partial charge in [-0.1, -0.05) is 19.1 Å². The molecular weight excluding hydrogens is 338 g/mol. The number of carbonyl (C=O) groups excluding carboxylic acids is 1. The van der Waals surface area contributed by atoms with Gasteiger partial charge in [0, 0.05) is 22.8 Å². The molecule has 3 heterocycles. The van der Waals surface area contributed by atoms with E-state index in [-0.39, 0.29) is 11.9 Å². The first-order chi connectivity index (χ1) is 13.1. The molecule has 4 rings (SSSR count). The van der Waals surface area contributed by atoms with E-state index in [1.54, 1.807) is 6.26 Å². The van der Waals surface area contributed by atoms with Gasteiger partial charge in [0.25, 0.3) is 5.91 Å². The molecule has 0 aliphatic carbocycles. The number of nitrogens with one attached hydrogen (secondary N) is 1. The van der Waals surface area contributed by atoms with Gasteiger partial charge in [-0.05, 0) is 55.3 Å². The molecule has 1 atom stereocenters. The lowest BCUT2D eigenvalue weighted by Crippen LogP contribution is -2.32. The number of aromatic nitrogens is 2. The molecule has 1 amide bonds. The number of ether oxygens (including phenoxy) is 1. The highest BCUT2D eigenvalue weighted by atomic mass is 16.5. The number of hydrogen-bond donors (Lipinski definition) is 1. The molecule has 1 unspecified atom stereocenters. The molecule has 1 aromatic carbocycles. The predicted molar refractivity (Wildman–Crippen MR) is 106 cm³/mol. The maximum Gasteiger partial charge on any atom is 0.255 e. The van der Waals surface area contributed by atoms with E-state index in [0.717, 1.165) is 33.8 Å². The van der Waals surface area contributed by atoms with Crippen molar-refractivity contribution < 1.29 is 9.53 Å². The summed E-state index contributed by atoms with van der Waals surface area (Å²) in [6, 6.07) is 10.0. The molecule has 27 heavy (non-hydrogen) atoms. The molecule has 0 saturated heterocycles. The summed E-state index contributed by atoms with van der Waals surface area (Å²) >= 11 is 0. The summed E-state index contributed by atoms with van der Waals surface area (Å²) in [7, 11) is 0. The zero-order chi connectivity index (χ0) is 19.0. The Morgan fingerprint density at radius 1 is 1.26 bits per heavy atom. The molecule has 0 bridgehead atoms. The molecule has 1 aliphatic heterocycles. The van der Waals surface area contributed by atoms with Crippen LogP contribution in [0.25, 0.3) is 18.0 Å². The van der Waals surface area contributed by atoms with Crippen LogP contribution >= 0.6 is 0 Å². The first kappa shape index (κ1) is 17.3. The van der Waals surface area contributed by atoms with Crippen molar-refractivity contribution in [1.82, 2.24) is 14.7 Å². The van der Waals surface area contributed by atoms with E-state index < -0.39 is 0 Å². The van der Waals surface area contributed by atoms with E-state index >= 15 is 0 Å². The summed E-state index contributed by atoms with van der Waals surface area (Å²) in [5, 5.41) is 5.39. The maximum atomic E-state index is 13.0. The monoisotopic (exact) mass is 361 g/mol. The molecule has 2 aromatic heterocycles. The van der Waals surface area contributed by atoms with Crippen LogP contribution in [0.15, 0.2) is 36.5 Å². The van der Waals surface area contributed by atoms with Crippen molar-refractivity contribution in [3.8, 4) is 0 Å². The van der Waals surface area contributed by atoms with Crippen molar-refractivity contribution in [2.45, 2.75) is 33.2 Å². The second kappa shape index (κ2) is 6.91. The minimum absolute atomic E-state index is 0.0556. The van der Waals surface area contributed by atoms with E-state index in [1.807, 2.05) is 42.6 Å². The molecule has 0 saturated carbocycles. The number of aryl methyl sites for hydroxylation is 2. The van der Waals surface area contributed by atoms with Gasteiger partial charge in [-0.15, -0.1) is 0 Å². The van der Waals surface area contributed by atoms with Crippen molar-refractivity contribution in [3.05, 3.63) is 69.5 Å². The van der Waals surface area contributed by atoms with Crippen molar-refractivity contribution in [2.24, 2.45) is 0 Å². The molecule has 138 valence electrons. The summed E-state index contributed by atoms with van der Waals surface area (Å²) in [6.07, 6.45) is 6.55. The third-order valence-electron chi connectivity index (χ3n) is 5.02. The van der Waals surface area contributed by atoms with Crippen LogP contribution in [0.1, 0.15) is 46.7 Å². The Kier molecular flexibility index (Phi) is 4.44. The van der Waals surface area contributed by atoms with E-state index in [2.05, 4.69) is 35.4 Å². The molecule has 0 radical (unpaired) electrons. The third-order valence-corrected chi connectivity index (χ3v) is 5.02. The Morgan fingerprint density at radius 3 is 2.93 bits per heavy atom. The predicted octanol–water partition coefficient (Wildman–Crippen LogP) is 2.38. The zero-order valence-electron chi connectivity index (χ0n) is 15.8. The van der Waals surface area contributed by atoms with Crippen molar-refractivity contribution in [1.29, 1.82) is 0 Å². The minimum atomic E-state index is -0.0987. The highest BCUT2D eigenvalue weighted by molar-refractivity contribution is 6.00. The first-order valence-corrected chi connectivity index (χ1v) is 9.25. The highest BCUT2D eigenvalue weighted by Gasteiger charge is 2.18. The second-order valence-corrected chi connectivity index (χ2v) is 6.94. The topological polar surface area (TPSA) is 55.6 Å². The third kappa shape index (κ3) is 3.21. The molecule has 1 aliphatic rings. The number of hydrogen-bond acceptors (Lipinski definition) is 3. The number of benzene rings is 1. The van der Waals surface area contributed by atoms with Crippen LogP contribution in [-0.4, -0.2) is 21.9 Å². The van der Waals surface area contributed by atoms with Gasteiger partial charge in [0.2, 0.25) is 0 Å². The van der Waals surface area contributed by atoms with Gasteiger partial charge >= 0.3 is 0 Å². The molecule has 1 N–H and O–H groups in total. The smallest absolute Gasteiger partial charge is 0.255 e. The molecular formula is C22H23N3O2. The molecule has 0 fully saturated rings. The summed E-state index contributed by atoms with van der Waals surface area (Å²) in [5.74, 6) is -0.0987. The average molecular weight is 361 g/mol. The average Bonchev–Trinajstić information content (AvgIpc) is 3.10. The number of nitrogens with zero attached hydrogens (tertiary/aromatic N) is 2. The van der Waals surface area contributed by atoms with Gasteiger partial charge < -0.3 is 14.5 Å². The van der Waals surface area contributed by atoms with Crippen LogP contribution in [0.2, 0.25) is 0 Å². The van der Waals surface area contributed by atoms with E-state index in [0.29, 0.717) is 17.8 Å². The number of rotatable bonds is 4. The summed E-state index contributed by atoms with van der Waals surface area (Å²) in [6.45, 7) is 6.62. The van der Waals surface area contributed by atoms with Crippen molar-refractivity contribution in [3.63, 3.8) is 0 Å². The fraction of sp³-hybridized carbons (Fsp3) is 0.273. The van der Waals surface area contributed by atoms with Crippen molar-refractivity contribution in [2.75, 3.05) is 6.61 Å². The number of fused-ring (bicyclic) bond motifs is 2. The van der Waals surface area contributed by atoms with Gasteiger partial charge in [0.15, 0.2) is 0 Å². The van der Waals surface area contributed by atoms with Crippen LogP contribution in [0, 0.1) is 13.8 Å². The van der Waals surface area contributed by atoms with Crippen LogP contribution in [0.3, 0.4) is 0 Å². The largest absolute Gasteiger partial charge is 0.496 e. The Labute approximate surface area is 158 Å². The van der Waals surface area contributed by atoms with Gasteiger partial charge in [0.05, 0.1) is 17.9 Å². The second-order valence-electron chi connectivity index (χ2n) is 6.94. The van der Waals surface area contributed by atoms with Gasteiger partial charge in [0.1, 0.15) is 12.3 Å². The summed E-state index contributed by atoms with van der Waals surface area (Å²) in [5.41, 5.74) is 4.37. The zero-order valence-corrected chi connectivity index (χ0v) is 15.8. The summed E-state index contributed by atoms with van der Waals surface area (Å²) < 4.78 is 7.29. The Bertz CT molecular complexity index is 1140. The molecule has 0 spiro atoms. The molecule has 3 aromatic rings. The fourth-order valence-electron chi connectivity index (χ4n) is 3.60. The maximum absolute atomic E-state index is 13.0.